The SMILES string of the molecule is CN(C)[C@H]1C[C@@H](C(F)(F)F)CC[C@@H]1Nc1cc(F)c(S(=O)(=O)Nc2ccncn2)cc1Cl. The normalized spacial score (nSPS) is 22.1. The van der Waals surface area contributed by atoms with E-state index in [-0.39, 0.29) is 35.8 Å². The Kier molecular flexibility index (Phi) is 7.15. The van der Waals surface area contributed by atoms with E-state index in [4.69, 9.17) is 11.6 Å². The Hall–Kier alpha value is -2.18. The van der Waals surface area contributed by atoms with Gasteiger partial charge in [0.25, 0.3) is 10.0 Å². The van der Waals surface area contributed by atoms with Crippen molar-refractivity contribution in [3.63, 3.8) is 0 Å². The summed E-state index contributed by atoms with van der Waals surface area (Å²) in [6.45, 7) is 0. The number of rotatable bonds is 6. The maximum absolute atomic E-state index is 14.7. The van der Waals surface area contributed by atoms with Crippen molar-refractivity contribution in [2.24, 2.45) is 5.92 Å². The maximum Gasteiger partial charge on any atom is 0.391 e. The molecule has 1 aliphatic rings. The monoisotopic (exact) mass is 495 g/mol. The van der Waals surface area contributed by atoms with Crippen LogP contribution in [0.15, 0.2) is 35.6 Å². The molecule has 1 heterocycles. The highest BCUT2D eigenvalue weighted by Crippen LogP contribution is 2.40. The minimum atomic E-state index is -4.32. The average Bonchev–Trinajstić information content (AvgIpc) is 2.70. The molecule has 0 saturated heterocycles. The smallest absolute Gasteiger partial charge is 0.379 e. The summed E-state index contributed by atoms with van der Waals surface area (Å²) in [5.41, 5.74) is 0.104. The van der Waals surface area contributed by atoms with Gasteiger partial charge in [-0.15, -0.1) is 0 Å². The second kappa shape index (κ2) is 9.36. The van der Waals surface area contributed by atoms with E-state index in [9.17, 15) is 26.0 Å². The molecule has 0 aliphatic heterocycles. The predicted octanol–water partition coefficient (Wildman–Crippen LogP) is 4.14. The summed E-state index contributed by atoms with van der Waals surface area (Å²) >= 11 is 6.22. The molecule has 0 spiro atoms. The Morgan fingerprint density at radius 3 is 2.53 bits per heavy atom. The van der Waals surface area contributed by atoms with Crippen LogP contribution in [0.1, 0.15) is 19.3 Å². The second-order valence-electron chi connectivity index (χ2n) is 7.80. The lowest BCUT2D eigenvalue weighted by atomic mass is 9.81. The topological polar surface area (TPSA) is 87.2 Å². The third-order valence-corrected chi connectivity index (χ3v) is 7.10. The summed E-state index contributed by atoms with van der Waals surface area (Å²) in [6, 6.07) is 2.28. The van der Waals surface area contributed by atoms with Crippen LogP contribution in [0.3, 0.4) is 0 Å². The van der Waals surface area contributed by atoms with Crippen LogP contribution in [0, 0.1) is 11.7 Å². The lowest BCUT2D eigenvalue weighted by Gasteiger charge is -2.41. The van der Waals surface area contributed by atoms with Gasteiger partial charge in [0.15, 0.2) is 0 Å². The lowest BCUT2D eigenvalue weighted by Crippen LogP contribution is -2.49. The number of halogens is 5. The Labute approximate surface area is 188 Å². The first-order chi connectivity index (χ1) is 14.9. The van der Waals surface area contributed by atoms with Crippen LogP contribution in [0.4, 0.5) is 29.1 Å². The molecular weight excluding hydrogens is 474 g/mol. The number of alkyl halides is 3. The van der Waals surface area contributed by atoms with Gasteiger partial charge in [-0.1, -0.05) is 11.6 Å². The van der Waals surface area contributed by atoms with Crippen LogP contribution >= 0.6 is 11.6 Å². The standard InChI is InChI=1S/C19H22ClF4N5O2S/c1-29(2)16-7-11(19(22,23)24)3-4-14(16)27-15-9-13(21)17(8-12(15)20)32(30,31)28-18-5-6-25-10-26-18/h5-6,8-11,14,16,27H,3-4,7H2,1-2H3,(H,25,26,28)/t11-,14-,16-/m0/s1. The Morgan fingerprint density at radius 1 is 1.22 bits per heavy atom. The van der Waals surface area contributed by atoms with Gasteiger partial charge in [0.2, 0.25) is 0 Å². The first-order valence-electron chi connectivity index (χ1n) is 9.66. The predicted molar refractivity (Wildman–Crippen MR) is 113 cm³/mol. The first-order valence-corrected chi connectivity index (χ1v) is 11.5. The summed E-state index contributed by atoms with van der Waals surface area (Å²) in [6.07, 6.45) is -1.82. The molecule has 0 radical (unpaired) electrons. The van der Waals surface area contributed by atoms with Gasteiger partial charge in [-0.2, -0.15) is 13.2 Å². The van der Waals surface area contributed by atoms with E-state index < -0.39 is 44.9 Å². The molecule has 13 heteroatoms. The highest BCUT2D eigenvalue weighted by molar-refractivity contribution is 7.92. The van der Waals surface area contributed by atoms with Crippen molar-refractivity contribution in [3.05, 3.63) is 41.6 Å². The van der Waals surface area contributed by atoms with Crippen molar-refractivity contribution in [2.45, 2.75) is 42.4 Å². The number of hydrogen-bond acceptors (Lipinski definition) is 6. The number of anilines is 2. The molecule has 2 aromatic rings. The van der Waals surface area contributed by atoms with Crippen molar-refractivity contribution in [1.29, 1.82) is 0 Å². The van der Waals surface area contributed by atoms with Crippen LogP contribution in [0.25, 0.3) is 0 Å². The summed E-state index contributed by atoms with van der Waals surface area (Å²) in [4.78, 5) is 8.40. The Balaban J connectivity index is 1.82. The Morgan fingerprint density at radius 2 is 1.94 bits per heavy atom. The zero-order chi connectivity index (χ0) is 23.7. The molecule has 3 rings (SSSR count). The molecular formula is C19H22ClF4N5O2S. The number of nitrogens with zero attached hydrogens (tertiary/aromatic N) is 3. The van der Waals surface area contributed by atoms with E-state index in [1.807, 2.05) is 0 Å². The summed E-state index contributed by atoms with van der Waals surface area (Å²) in [5, 5.41) is 2.93. The van der Waals surface area contributed by atoms with E-state index >= 15 is 0 Å². The zero-order valence-electron chi connectivity index (χ0n) is 17.2. The van der Waals surface area contributed by atoms with Gasteiger partial charge in [0.1, 0.15) is 22.9 Å². The molecule has 1 aromatic heterocycles. The molecule has 1 aliphatic carbocycles. The number of sulfonamides is 1. The zero-order valence-corrected chi connectivity index (χ0v) is 18.8. The van der Waals surface area contributed by atoms with Gasteiger partial charge < -0.3 is 10.2 Å². The van der Waals surface area contributed by atoms with Crippen LogP contribution in [-0.2, 0) is 10.0 Å². The van der Waals surface area contributed by atoms with Crippen LogP contribution in [-0.4, -0.2) is 55.6 Å². The highest BCUT2D eigenvalue weighted by Gasteiger charge is 2.45. The van der Waals surface area contributed by atoms with E-state index in [1.165, 1.54) is 12.3 Å². The number of benzene rings is 1. The molecule has 2 N–H and O–H groups in total. The van der Waals surface area contributed by atoms with E-state index in [2.05, 4.69) is 20.0 Å². The highest BCUT2D eigenvalue weighted by atomic mass is 35.5. The van der Waals surface area contributed by atoms with Crippen molar-refractivity contribution in [3.8, 4) is 0 Å². The molecule has 0 amide bonds. The molecule has 1 saturated carbocycles. The number of aromatic nitrogens is 2. The van der Waals surface area contributed by atoms with Crippen molar-refractivity contribution in [2.75, 3.05) is 24.1 Å². The average molecular weight is 496 g/mol. The van der Waals surface area contributed by atoms with Crippen LogP contribution in [0.5, 0.6) is 0 Å². The van der Waals surface area contributed by atoms with Gasteiger partial charge in [-0.3, -0.25) is 4.72 Å². The van der Waals surface area contributed by atoms with E-state index in [1.54, 1.807) is 19.0 Å². The minimum Gasteiger partial charge on any atom is -0.379 e. The quantitative estimate of drug-likeness (QED) is 0.586. The van der Waals surface area contributed by atoms with Crippen molar-refractivity contribution in [1.82, 2.24) is 14.9 Å². The summed E-state index contributed by atoms with van der Waals surface area (Å²) < 4.78 is 81.5. The molecule has 1 fully saturated rings. The first kappa shape index (κ1) is 24.5. The van der Waals surface area contributed by atoms with Gasteiger partial charge in [0.05, 0.1) is 16.6 Å². The van der Waals surface area contributed by atoms with Gasteiger partial charge in [0, 0.05) is 18.3 Å². The molecule has 0 bridgehead atoms. The lowest BCUT2D eigenvalue weighted by molar-refractivity contribution is -0.186. The molecule has 3 atom stereocenters. The Bertz CT molecular complexity index is 1050. The number of likely N-dealkylation sites (N-methyl/N-ethyl adjacent to an activating group) is 1. The molecule has 176 valence electrons. The fourth-order valence-electron chi connectivity index (χ4n) is 3.77. The van der Waals surface area contributed by atoms with Gasteiger partial charge >= 0.3 is 6.18 Å². The third kappa shape index (κ3) is 5.59. The fourth-order valence-corrected chi connectivity index (χ4v) is 5.15. The van der Waals surface area contributed by atoms with Gasteiger partial charge in [-0.05, 0) is 51.6 Å². The molecule has 1 aromatic carbocycles. The third-order valence-electron chi connectivity index (χ3n) is 5.42. The van der Waals surface area contributed by atoms with E-state index in [0.717, 1.165) is 18.5 Å². The van der Waals surface area contributed by atoms with Crippen LogP contribution in [0.2, 0.25) is 5.02 Å². The fraction of sp³-hybridized carbons (Fsp3) is 0.474. The molecule has 7 nitrogen and oxygen atoms in total. The largest absolute Gasteiger partial charge is 0.391 e. The molecule has 0 unspecified atom stereocenters. The summed E-state index contributed by atoms with van der Waals surface area (Å²) in [5.74, 6) is -2.53. The maximum atomic E-state index is 14.7. The van der Waals surface area contributed by atoms with Crippen LogP contribution < -0.4 is 10.0 Å². The summed E-state index contributed by atoms with van der Waals surface area (Å²) in [7, 11) is -0.974. The molecule has 32 heavy (non-hydrogen) atoms. The van der Waals surface area contributed by atoms with Crippen molar-refractivity contribution < 1.29 is 26.0 Å². The number of nitrogens with one attached hydrogen (secondary N) is 2. The van der Waals surface area contributed by atoms with Gasteiger partial charge in [-0.25, -0.2) is 22.8 Å². The number of hydrogen-bond donors (Lipinski definition) is 2. The van der Waals surface area contributed by atoms with Crippen molar-refractivity contribution >= 4 is 33.1 Å². The minimum absolute atomic E-state index is 0.0482. The second-order valence-corrected chi connectivity index (χ2v) is 9.85. The van der Waals surface area contributed by atoms with E-state index in [0.29, 0.717) is 0 Å².